The fraction of sp³-hybridized carbons (Fsp3) is 0.846. The molecule has 0 spiro atoms. The van der Waals surface area contributed by atoms with Crippen molar-refractivity contribution in [3.05, 3.63) is 0 Å². The summed E-state index contributed by atoms with van der Waals surface area (Å²) in [5, 5.41) is 0. The van der Waals surface area contributed by atoms with Crippen molar-refractivity contribution in [2.45, 2.75) is 150 Å². The van der Waals surface area contributed by atoms with Gasteiger partial charge in [0.05, 0.1) is 0 Å². The van der Waals surface area contributed by atoms with Crippen molar-refractivity contribution >= 4 is 35.8 Å². The lowest BCUT2D eigenvalue weighted by atomic mass is 9.44. The smallest absolute Gasteiger partial charge is 0.462 e. The molecule has 0 aromatic rings. The topological polar surface area (TPSA) is 158 Å². The number of hydrogen-bond donors (Lipinski definition) is 0. The Balaban J connectivity index is 1.18. The largest absolute Gasteiger partial charge is 0.511 e. The average molecular weight is 721 g/mol. The molecule has 4 fully saturated rings. The summed E-state index contributed by atoms with van der Waals surface area (Å²) in [5.74, 6) is 0.151. The van der Waals surface area contributed by atoms with Gasteiger partial charge in [-0.25, -0.2) is 4.79 Å². The van der Waals surface area contributed by atoms with Gasteiger partial charge in [0.25, 0.3) is 0 Å². The molecule has 4 saturated carbocycles. The molecule has 0 radical (unpaired) electrons. The fourth-order valence-electron chi connectivity index (χ4n) is 10.1. The fourth-order valence-corrected chi connectivity index (χ4v) is 10.1. The molecular formula is C39H60O12. The number of hydrogen-bond acceptors (Lipinski definition) is 12. The van der Waals surface area contributed by atoms with Gasteiger partial charge in [0.2, 0.25) is 6.29 Å². The third-order valence-corrected chi connectivity index (χ3v) is 12.7. The second-order valence-electron chi connectivity index (χ2n) is 16.1. The molecule has 10 atom stereocenters. The maximum Gasteiger partial charge on any atom is 0.511 e. The van der Waals surface area contributed by atoms with E-state index in [-0.39, 0.29) is 61.7 Å². The summed E-state index contributed by atoms with van der Waals surface area (Å²) in [6.07, 6.45) is 5.97. The molecule has 4 rings (SSSR count). The summed E-state index contributed by atoms with van der Waals surface area (Å²) in [6.45, 7) is 12.4. The first kappa shape index (κ1) is 40.6. The van der Waals surface area contributed by atoms with Gasteiger partial charge in [-0.1, -0.05) is 34.6 Å². The van der Waals surface area contributed by atoms with Crippen LogP contribution in [-0.2, 0) is 52.4 Å². The molecule has 0 aromatic carbocycles. The highest BCUT2D eigenvalue weighted by molar-refractivity contribution is 5.79. The first-order valence-corrected chi connectivity index (χ1v) is 19.2. The van der Waals surface area contributed by atoms with Gasteiger partial charge < -0.3 is 28.4 Å². The molecule has 0 bridgehead atoms. The summed E-state index contributed by atoms with van der Waals surface area (Å²) in [7, 11) is 0. The van der Waals surface area contributed by atoms with Gasteiger partial charge in [-0.3, -0.25) is 24.0 Å². The lowest BCUT2D eigenvalue weighted by Gasteiger charge is -2.61. The van der Waals surface area contributed by atoms with Gasteiger partial charge in [0.15, 0.2) is 6.10 Å². The summed E-state index contributed by atoms with van der Waals surface area (Å²) < 4.78 is 31.7. The SMILES string of the molecule is CCC(=O)OCC(COC(=O)CC)OC(=O)CC(C)CC(=O)OC(C)OC(=O)O[C@@H]1CC[C@@]2(C)[C@@H](CC[C@@H]3[C@@H]2CC[C@]2(C)[C@@H](C(C)=O)CC[C@@H]32)C1. The first-order valence-electron chi connectivity index (χ1n) is 19.2. The van der Waals surface area contributed by atoms with Crippen molar-refractivity contribution in [3.63, 3.8) is 0 Å². The molecule has 12 nitrogen and oxygen atoms in total. The van der Waals surface area contributed by atoms with Gasteiger partial charge in [-0.05, 0) is 105 Å². The molecule has 0 saturated heterocycles. The molecule has 2 unspecified atom stereocenters. The van der Waals surface area contributed by atoms with Gasteiger partial charge >= 0.3 is 30.0 Å². The molecule has 4 aliphatic carbocycles. The van der Waals surface area contributed by atoms with Gasteiger partial charge in [0, 0.05) is 38.5 Å². The van der Waals surface area contributed by atoms with Crippen LogP contribution in [0.1, 0.15) is 132 Å². The van der Waals surface area contributed by atoms with Crippen LogP contribution in [0.25, 0.3) is 0 Å². The normalized spacial score (nSPS) is 32.2. The van der Waals surface area contributed by atoms with Crippen molar-refractivity contribution in [1.29, 1.82) is 0 Å². The van der Waals surface area contributed by atoms with E-state index in [1.807, 2.05) is 0 Å². The first-order chi connectivity index (χ1) is 24.1. The predicted octanol–water partition coefficient (Wildman–Crippen LogP) is 6.88. The van der Waals surface area contributed by atoms with E-state index in [2.05, 4.69) is 13.8 Å². The number of ketones is 1. The van der Waals surface area contributed by atoms with Crippen LogP contribution in [0.4, 0.5) is 4.79 Å². The number of fused-ring (bicyclic) bond motifs is 5. The Kier molecular flexibility index (Phi) is 14.0. The van der Waals surface area contributed by atoms with Gasteiger partial charge in [0.1, 0.15) is 25.1 Å². The third kappa shape index (κ3) is 10.0. The minimum Gasteiger partial charge on any atom is -0.462 e. The van der Waals surface area contributed by atoms with Crippen LogP contribution in [0.15, 0.2) is 0 Å². The van der Waals surface area contributed by atoms with E-state index in [4.69, 9.17) is 28.4 Å². The second kappa shape index (κ2) is 17.6. The Hall–Kier alpha value is -3.18. The number of carbonyl (C=O) groups excluding carboxylic acids is 6. The number of Topliss-reactive ketones (excluding diaryl/α,β-unsaturated/α-hetero) is 1. The minimum atomic E-state index is -1.18. The molecule has 0 N–H and O–H groups in total. The van der Waals surface area contributed by atoms with E-state index in [0.717, 1.165) is 51.4 Å². The number of rotatable bonds is 15. The summed E-state index contributed by atoms with van der Waals surface area (Å²) in [6, 6.07) is 0. The van der Waals surface area contributed by atoms with E-state index in [1.165, 1.54) is 13.3 Å². The van der Waals surface area contributed by atoms with Crippen LogP contribution in [0.2, 0.25) is 0 Å². The maximum atomic E-state index is 12.7. The standard InChI is InChI=1S/C39H60O12/c1-8-33(41)46-21-28(22-47-34(42)9-2)50-36(44)19-23(3)18-35(43)48-25(5)49-37(45)51-27-14-16-38(6)26(20-27)10-11-29-31-13-12-30(24(4)40)39(31,7)17-15-32(29)38/h23,25-32H,8-22H2,1-7H3/t23?,25?,26-,27+,29-,30+,31-,32-,38-,39+/m0/s1. The average Bonchev–Trinajstić information content (AvgIpc) is 3.42. The Morgan fingerprint density at radius 3 is 1.88 bits per heavy atom. The molecule has 0 heterocycles. The summed E-state index contributed by atoms with van der Waals surface area (Å²) >= 11 is 0. The van der Waals surface area contributed by atoms with Crippen molar-refractivity contribution < 1.29 is 57.2 Å². The van der Waals surface area contributed by atoms with Crippen LogP contribution < -0.4 is 0 Å². The molecular weight excluding hydrogens is 660 g/mol. The molecule has 12 heteroatoms. The summed E-state index contributed by atoms with van der Waals surface area (Å²) in [4.78, 5) is 73.4. The molecule has 51 heavy (non-hydrogen) atoms. The Labute approximate surface area is 302 Å². The van der Waals surface area contributed by atoms with E-state index < -0.39 is 48.3 Å². The van der Waals surface area contributed by atoms with Crippen LogP contribution in [0, 0.1) is 46.3 Å². The monoisotopic (exact) mass is 720 g/mol. The zero-order chi connectivity index (χ0) is 37.5. The minimum absolute atomic E-state index is 0.133. The molecule has 0 amide bonds. The third-order valence-electron chi connectivity index (χ3n) is 12.7. The zero-order valence-corrected chi connectivity index (χ0v) is 31.7. The molecule has 0 aromatic heterocycles. The number of esters is 4. The molecule has 4 aliphatic rings. The highest BCUT2D eigenvalue weighted by Crippen LogP contribution is 2.67. The van der Waals surface area contributed by atoms with Crippen molar-refractivity contribution in [3.8, 4) is 0 Å². The lowest BCUT2D eigenvalue weighted by molar-refractivity contribution is -0.173. The molecule has 288 valence electrons. The Bertz CT molecular complexity index is 1260. The van der Waals surface area contributed by atoms with E-state index in [0.29, 0.717) is 29.5 Å². The van der Waals surface area contributed by atoms with Crippen LogP contribution in [0.3, 0.4) is 0 Å². The maximum absolute atomic E-state index is 12.7. The highest BCUT2D eigenvalue weighted by Gasteiger charge is 2.61. The van der Waals surface area contributed by atoms with E-state index in [9.17, 15) is 28.8 Å². The van der Waals surface area contributed by atoms with Gasteiger partial charge in [-0.2, -0.15) is 0 Å². The van der Waals surface area contributed by atoms with Crippen LogP contribution in [-0.4, -0.2) is 67.5 Å². The van der Waals surface area contributed by atoms with E-state index in [1.54, 1.807) is 27.7 Å². The molecule has 0 aliphatic heterocycles. The Morgan fingerprint density at radius 1 is 0.686 bits per heavy atom. The predicted molar refractivity (Wildman–Crippen MR) is 184 cm³/mol. The van der Waals surface area contributed by atoms with Crippen molar-refractivity contribution in [2.24, 2.45) is 46.3 Å². The number of carbonyl (C=O) groups is 6. The zero-order valence-electron chi connectivity index (χ0n) is 31.7. The van der Waals surface area contributed by atoms with Crippen LogP contribution >= 0.6 is 0 Å². The highest BCUT2D eigenvalue weighted by atomic mass is 16.8. The van der Waals surface area contributed by atoms with Crippen molar-refractivity contribution in [2.75, 3.05) is 13.2 Å². The van der Waals surface area contributed by atoms with Gasteiger partial charge in [-0.15, -0.1) is 0 Å². The lowest BCUT2D eigenvalue weighted by Crippen LogP contribution is -2.54. The van der Waals surface area contributed by atoms with Crippen molar-refractivity contribution in [1.82, 2.24) is 0 Å². The number of ether oxygens (including phenoxy) is 6. The Morgan fingerprint density at radius 2 is 1.27 bits per heavy atom. The van der Waals surface area contributed by atoms with Crippen LogP contribution in [0.5, 0.6) is 0 Å². The quantitative estimate of drug-likeness (QED) is 0.0983. The van der Waals surface area contributed by atoms with E-state index >= 15 is 0 Å². The second-order valence-corrected chi connectivity index (χ2v) is 16.1. The summed E-state index contributed by atoms with van der Waals surface area (Å²) in [5.41, 5.74) is 0.326.